The fourth-order valence-corrected chi connectivity index (χ4v) is 4.32. The second-order valence-electron chi connectivity index (χ2n) is 7.26. The van der Waals surface area contributed by atoms with Crippen LogP contribution in [0, 0.1) is 0 Å². The van der Waals surface area contributed by atoms with E-state index in [-0.39, 0.29) is 22.1 Å². The summed E-state index contributed by atoms with van der Waals surface area (Å²) in [7, 11) is 0.132. The van der Waals surface area contributed by atoms with Crippen LogP contribution in [0.15, 0.2) is 71.6 Å². The molecular formula is C24H22N4O6S. The third-order valence-corrected chi connectivity index (χ3v) is 6.32. The molecule has 1 heterocycles. The van der Waals surface area contributed by atoms with Gasteiger partial charge in [-0.15, -0.1) is 0 Å². The molecule has 0 spiro atoms. The molecule has 0 aliphatic rings. The molecular weight excluding hydrogens is 472 g/mol. The Hall–Kier alpha value is -4.38. The molecule has 0 radical (unpaired) electrons. The van der Waals surface area contributed by atoms with Crippen LogP contribution in [0.2, 0.25) is 0 Å². The van der Waals surface area contributed by atoms with Crippen molar-refractivity contribution in [3.8, 4) is 11.5 Å². The molecule has 35 heavy (non-hydrogen) atoms. The molecule has 0 unspecified atom stereocenters. The molecule has 4 rings (SSSR count). The molecule has 0 saturated carbocycles. The summed E-state index contributed by atoms with van der Waals surface area (Å²) in [6.07, 6.45) is 0. The van der Waals surface area contributed by atoms with Crippen molar-refractivity contribution in [2.45, 2.75) is 4.90 Å². The van der Waals surface area contributed by atoms with Gasteiger partial charge in [-0.25, -0.2) is 23.2 Å². The number of carbonyl (C=O) groups excluding carboxylic acids is 1. The molecule has 2 N–H and O–H groups in total. The van der Waals surface area contributed by atoms with E-state index in [1.54, 1.807) is 42.5 Å². The highest BCUT2D eigenvalue weighted by Crippen LogP contribution is 2.31. The van der Waals surface area contributed by atoms with Crippen LogP contribution in [-0.4, -0.2) is 45.7 Å². The van der Waals surface area contributed by atoms with E-state index in [1.807, 2.05) is 0 Å². The predicted octanol–water partition coefficient (Wildman–Crippen LogP) is 3.98. The van der Waals surface area contributed by atoms with Crippen molar-refractivity contribution in [3.63, 3.8) is 0 Å². The quantitative estimate of drug-likeness (QED) is 0.349. The molecule has 10 nitrogen and oxygen atoms in total. The lowest BCUT2D eigenvalue weighted by molar-refractivity contribution is 0.0600. The van der Waals surface area contributed by atoms with Crippen LogP contribution < -0.4 is 19.5 Å². The molecule has 0 bridgehead atoms. The zero-order valence-corrected chi connectivity index (χ0v) is 19.9. The van der Waals surface area contributed by atoms with Crippen LogP contribution in [0.5, 0.6) is 11.5 Å². The highest BCUT2D eigenvalue weighted by atomic mass is 32.2. The number of hydrogen-bond donors (Lipinski definition) is 2. The van der Waals surface area contributed by atoms with Crippen molar-refractivity contribution in [2.24, 2.45) is 0 Å². The summed E-state index contributed by atoms with van der Waals surface area (Å²) in [4.78, 5) is 20.8. The Bertz CT molecular complexity index is 1490. The largest absolute Gasteiger partial charge is 0.497 e. The summed E-state index contributed by atoms with van der Waals surface area (Å²) >= 11 is 0. The van der Waals surface area contributed by atoms with Crippen molar-refractivity contribution in [3.05, 3.63) is 72.3 Å². The van der Waals surface area contributed by atoms with Crippen molar-refractivity contribution in [1.29, 1.82) is 0 Å². The highest BCUT2D eigenvalue weighted by molar-refractivity contribution is 7.92. The molecule has 1 aromatic heterocycles. The van der Waals surface area contributed by atoms with E-state index in [9.17, 15) is 13.2 Å². The van der Waals surface area contributed by atoms with Gasteiger partial charge >= 0.3 is 5.97 Å². The van der Waals surface area contributed by atoms with Crippen LogP contribution in [0.3, 0.4) is 0 Å². The molecule has 4 aromatic rings. The van der Waals surface area contributed by atoms with Gasteiger partial charge < -0.3 is 19.5 Å². The maximum absolute atomic E-state index is 13.2. The maximum atomic E-state index is 13.2. The number of nitrogens with one attached hydrogen (secondary N) is 2. The molecule has 3 aromatic carbocycles. The van der Waals surface area contributed by atoms with Crippen LogP contribution in [0.1, 0.15) is 10.4 Å². The van der Waals surface area contributed by atoms with Gasteiger partial charge in [0.2, 0.25) is 0 Å². The topological polar surface area (TPSA) is 129 Å². The first-order valence-corrected chi connectivity index (χ1v) is 11.8. The van der Waals surface area contributed by atoms with E-state index in [0.717, 1.165) is 0 Å². The Morgan fingerprint density at radius 1 is 0.800 bits per heavy atom. The SMILES string of the molecule is COC(=O)c1cccc(S(=O)(=O)Nc2nc3ccccc3nc2Nc2cc(OC)cc(OC)c2)c1. The zero-order valence-electron chi connectivity index (χ0n) is 19.1. The minimum Gasteiger partial charge on any atom is -0.497 e. The Kier molecular flexibility index (Phi) is 6.69. The summed E-state index contributed by atoms with van der Waals surface area (Å²) < 4.78 is 44.2. The minimum absolute atomic E-state index is 0.0334. The number of benzene rings is 3. The molecule has 0 atom stereocenters. The van der Waals surface area contributed by atoms with Crippen LogP contribution >= 0.6 is 0 Å². The van der Waals surface area contributed by atoms with Gasteiger partial charge in [0.1, 0.15) is 11.5 Å². The summed E-state index contributed by atoms with van der Waals surface area (Å²) in [5, 5.41) is 3.09. The molecule has 0 aliphatic carbocycles. The van der Waals surface area contributed by atoms with Crippen molar-refractivity contribution < 1.29 is 27.4 Å². The number of nitrogens with zero attached hydrogens (tertiary/aromatic N) is 2. The monoisotopic (exact) mass is 494 g/mol. The first-order valence-electron chi connectivity index (χ1n) is 10.3. The van der Waals surface area contributed by atoms with Gasteiger partial charge in [-0.3, -0.25) is 4.72 Å². The Balaban J connectivity index is 1.77. The molecule has 0 saturated heterocycles. The fraction of sp³-hybridized carbons (Fsp3) is 0.125. The molecule has 0 fully saturated rings. The Labute approximate surface area is 201 Å². The predicted molar refractivity (Wildman–Crippen MR) is 131 cm³/mol. The van der Waals surface area contributed by atoms with Gasteiger partial charge in [0.15, 0.2) is 11.6 Å². The molecule has 0 amide bonds. The Morgan fingerprint density at radius 3 is 2.03 bits per heavy atom. The van der Waals surface area contributed by atoms with Gasteiger partial charge in [0.25, 0.3) is 10.0 Å². The number of sulfonamides is 1. The van der Waals surface area contributed by atoms with E-state index in [2.05, 4.69) is 24.7 Å². The average molecular weight is 495 g/mol. The highest BCUT2D eigenvalue weighted by Gasteiger charge is 2.21. The number of hydrogen-bond acceptors (Lipinski definition) is 9. The van der Waals surface area contributed by atoms with E-state index >= 15 is 0 Å². The van der Waals surface area contributed by atoms with Crippen molar-refractivity contribution in [1.82, 2.24) is 9.97 Å². The first-order chi connectivity index (χ1) is 16.8. The zero-order chi connectivity index (χ0) is 25.0. The number of anilines is 3. The fourth-order valence-electron chi connectivity index (χ4n) is 3.27. The lowest BCUT2D eigenvalue weighted by Crippen LogP contribution is -2.16. The number of methoxy groups -OCH3 is 3. The van der Waals surface area contributed by atoms with Crippen LogP contribution in [-0.2, 0) is 14.8 Å². The van der Waals surface area contributed by atoms with Gasteiger partial charge in [-0.2, -0.15) is 0 Å². The summed E-state index contributed by atoms with van der Waals surface area (Å²) in [5.41, 5.74) is 1.68. The van der Waals surface area contributed by atoms with E-state index in [1.165, 1.54) is 45.6 Å². The summed E-state index contributed by atoms with van der Waals surface area (Å²) in [5.74, 6) is 0.534. The van der Waals surface area contributed by atoms with Crippen LogP contribution in [0.4, 0.5) is 17.3 Å². The third-order valence-electron chi connectivity index (χ3n) is 4.98. The van der Waals surface area contributed by atoms with E-state index < -0.39 is 16.0 Å². The number of aromatic nitrogens is 2. The molecule has 180 valence electrons. The summed E-state index contributed by atoms with van der Waals surface area (Å²) in [6.45, 7) is 0. The number of esters is 1. The standard InChI is InChI=1S/C24H22N4O6S/c1-32-17-12-16(13-18(14-17)33-2)25-22-23(27-21-10-5-4-9-20(21)26-22)28-35(30,31)19-8-6-7-15(11-19)24(29)34-3/h4-14H,1-3H3,(H,25,26)(H,27,28). The second-order valence-corrected chi connectivity index (χ2v) is 8.94. The lowest BCUT2D eigenvalue weighted by atomic mass is 10.2. The van der Waals surface area contributed by atoms with Gasteiger partial charge in [0, 0.05) is 23.9 Å². The van der Waals surface area contributed by atoms with Gasteiger partial charge in [-0.1, -0.05) is 18.2 Å². The number of para-hydroxylation sites is 2. The smallest absolute Gasteiger partial charge is 0.337 e. The van der Waals surface area contributed by atoms with Gasteiger partial charge in [0.05, 0.1) is 42.8 Å². The maximum Gasteiger partial charge on any atom is 0.337 e. The third kappa shape index (κ3) is 5.25. The van der Waals surface area contributed by atoms with Crippen molar-refractivity contribution in [2.75, 3.05) is 31.4 Å². The summed E-state index contributed by atoms with van der Waals surface area (Å²) in [6, 6.07) is 17.7. The molecule has 11 heteroatoms. The minimum atomic E-state index is -4.14. The van der Waals surface area contributed by atoms with Crippen LogP contribution in [0.25, 0.3) is 11.0 Å². The number of rotatable bonds is 8. The lowest BCUT2D eigenvalue weighted by Gasteiger charge is -2.15. The normalized spacial score (nSPS) is 11.1. The number of carbonyl (C=O) groups is 1. The van der Waals surface area contributed by atoms with E-state index in [0.29, 0.717) is 28.2 Å². The Morgan fingerprint density at radius 2 is 1.43 bits per heavy atom. The second kappa shape index (κ2) is 9.85. The number of fused-ring (bicyclic) bond motifs is 1. The first kappa shape index (κ1) is 23.8. The van der Waals surface area contributed by atoms with E-state index in [4.69, 9.17) is 9.47 Å². The average Bonchev–Trinajstić information content (AvgIpc) is 2.88. The molecule has 0 aliphatic heterocycles. The van der Waals surface area contributed by atoms with Crippen molar-refractivity contribution >= 4 is 44.3 Å². The van der Waals surface area contributed by atoms with Gasteiger partial charge in [-0.05, 0) is 30.3 Å². The number of ether oxygens (including phenoxy) is 3.